The van der Waals surface area contributed by atoms with E-state index >= 15 is 0 Å². The molecule has 0 saturated carbocycles. The average molecular weight is 311 g/mol. The highest BCUT2D eigenvalue weighted by molar-refractivity contribution is 6.36. The van der Waals surface area contributed by atoms with Crippen LogP contribution in [0.3, 0.4) is 0 Å². The summed E-state index contributed by atoms with van der Waals surface area (Å²) in [7, 11) is 5.62. The highest BCUT2D eigenvalue weighted by Gasteiger charge is 2.19. The number of benzene rings is 1. The lowest BCUT2D eigenvalue weighted by Gasteiger charge is -2.19. The highest BCUT2D eigenvalue weighted by atomic mass is 35.5. The molecule has 0 fully saturated rings. The van der Waals surface area contributed by atoms with Crippen molar-refractivity contribution in [2.75, 3.05) is 5.73 Å². The van der Waals surface area contributed by atoms with Crippen LogP contribution in [0.2, 0.25) is 10.0 Å². The molecule has 2 radical (unpaired) electrons. The summed E-state index contributed by atoms with van der Waals surface area (Å²) in [5.74, 6) is -0.108. The predicted molar refractivity (Wildman–Crippen MR) is 79.5 cm³/mol. The molecule has 102 valence electrons. The van der Waals surface area contributed by atoms with Crippen LogP contribution >= 0.6 is 23.2 Å². The molecular weight excluding hydrogens is 301 g/mol. The normalized spacial score (nSPS) is 12.2. The first-order chi connectivity index (χ1) is 9.40. The van der Waals surface area contributed by atoms with Gasteiger partial charge in [-0.3, -0.25) is 0 Å². The molecule has 1 heterocycles. The molecular formula is C13H10BCl2FN2O. The second-order valence-corrected chi connectivity index (χ2v) is 4.95. The summed E-state index contributed by atoms with van der Waals surface area (Å²) in [5.41, 5.74) is 6.43. The fourth-order valence-electron chi connectivity index (χ4n) is 1.73. The summed E-state index contributed by atoms with van der Waals surface area (Å²) < 4.78 is 19.1. The lowest BCUT2D eigenvalue weighted by atomic mass is 9.99. The van der Waals surface area contributed by atoms with Crippen molar-refractivity contribution >= 4 is 42.3 Å². The number of pyridine rings is 1. The zero-order valence-corrected chi connectivity index (χ0v) is 12.0. The van der Waals surface area contributed by atoms with Crippen molar-refractivity contribution in [3.63, 3.8) is 0 Å². The zero-order valence-electron chi connectivity index (χ0n) is 10.5. The van der Waals surface area contributed by atoms with E-state index in [2.05, 4.69) is 4.98 Å². The molecule has 0 aliphatic carbocycles. The Morgan fingerprint density at radius 1 is 1.40 bits per heavy atom. The van der Waals surface area contributed by atoms with Crippen molar-refractivity contribution in [1.82, 2.24) is 4.98 Å². The fourth-order valence-corrected chi connectivity index (χ4v) is 2.41. The minimum Gasteiger partial charge on any atom is -0.482 e. The molecule has 1 aromatic heterocycles. The first-order valence-corrected chi connectivity index (χ1v) is 6.46. The molecule has 0 spiro atoms. The van der Waals surface area contributed by atoms with Crippen LogP contribution in [0.15, 0.2) is 24.4 Å². The summed E-state index contributed by atoms with van der Waals surface area (Å²) in [4.78, 5) is 3.88. The molecule has 0 saturated heterocycles. The van der Waals surface area contributed by atoms with Gasteiger partial charge in [0.05, 0.1) is 5.02 Å². The van der Waals surface area contributed by atoms with E-state index in [1.165, 1.54) is 24.4 Å². The Morgan fingerprint density at radius 3 is 2.80 bits per heavy atom. The van der Waals surface area contributed by atoms with E-state index in [9.17, 15) is 4.39 Å². The van der Waals surface area contributed by atoms with Crippen LogP contribution < -0.4 is 15.9 Å². The molecule has 1 aromatic carbocycles. The first-order valence-electron chi connectivity index (χ1n) is 5.71. The van der Waals surface area contributed by atoms with Crippen molar-refractivity contribution < 1.29 is 9.13 Å². The number of anilines is 1. The smallest absolute Gasteiger partial charge is 0.166 e. The molecule has 20 heavy (non-hydrogen) atoms. The summed E-state index contributed by atoms with van der Waals surface area (Å²) in [5, 5.41) is 0.222. The number of rotatable bonds is 3. The van der Waals surface area contributed by atoms with Gasteiger partial charge < -0.3 is 10.5 Å². The van der Waals surface area contributed by atoms with Gasteiger partial charge in [0.1, 0.15) is 19.8 Å². The van der Waals surface area contributed by atoms with Gasteiger partial charge in [-0.2, -0.15) is 0 Å². The van der Waals surface area contributed by atoms with Crippen LogP contribution in [0.4, 0.5) is 10.2 Å². The molecule has 0 unspecified atom stereocenters. The number of nitrogen functional groups attached to an aromatic ring is 1. The van der Waals surface area contributed by atoms with Gasteiger partial charge in [0.25, 0.3) is 0 Å². The van der Waals surface area contributed by atoms with E-state index in [-0.39, 0.29) is 16.6 Å². The monoisotopic (exact) mass is 310 g/mol. The van der Waals surface area contributed by atoms with Crippen molar-refractivity contribution in [2.24, 2.45) is 0 Å². The summed E-state index contributed by atoms with van der Waals surface area (Å²) in [6, 6.07) is 4.14. The largest absolute Gasteiger partial charge is 0.482 e. The fraction of sp³-hybridized carbons (Fsp3) is 0.154. The third-order valence-electron chi connectivity index (χ3n) is 2.69. The van der Waals surface area contributed by atoms with Gasteiger partial charge >= 0.3 is 0 Å². The summed E-state index contributed by atoms with van der Waals surface area (Å²) >= 11 is 12.0. The topological polar surface area (TPSA) is 48.1 Å². The van der Waals surface area contributed by atoms with Crippen LogP contribution in [0.5, 0.6) is 5.75 Å². The van der Waals surface area contributed by atoms with Crippen LogP contribution in [-0.4, -0.2) is 12.8 Å². The minimum absolute atomic E-state index is 0.0829. The lowest BCUT2D eigenvalue weighted by Crippen LogP contribution is -2.11. The second-order valence-electron chi connectivity index (χ2n) is 4.17. The third-order valence-corrected chi connectivity index (χ3v) is 3.41. The molecule has 0 bridgehead atoms. The van der Waals surface area contributed by atoms with Gasteiger partial charge in [-0.1, -0.05) is 28.7 Å². The van der Waals surface area contributed by atoms with Gasteiger partial charge in [-0.15, -0.1) is 0 Å². The second kappa shape index (κ2) is 5.89. The Labute approximate surface area is 127 Å². The van der Waals surface area contributed by atoms with Gasteiger partial charge in [0, 0.05) is 16.8 Å². The molecule has 3 nitrogen and oxygen atoms in total. The maximum atomic E-state index is 13.5. The number of halogens is 3. The summed E-state index contributed by atoms with van der Waals surface area (Å²) in [6.07, 6.45) is 0.797. The molecule has 2 rings (SSSR count). The Balaban J connectivity index is 2.35. The van der Waals surface area contributed by atoms with Gasteiger partial charge in [0.15, 0.2) is 11.6 Å². The third kappa shape index (κ3) is 2.99. The number of ether oxygens (including phenoxy) is 1. The zero-order chi connectivity index (χ0) is 14.9. The molecule has 1 atom stereocenters. The Morgan fingerprint density at radius 2 is 2.10 bits per heavy atom. The number of hydrogen-bond donors (Lipinski definition) is 1. The van der Waals surface area contributed by atoms with E-state index in [1.54, 1.807) is 6.92 Å². The van der Waals surface area contributed by atoms with E-state index in [1.807, 2.05) is 0 Å². The molecule has 2 aromatic rings. The molecule has 0 aliphatic rings. The Kier molecular flexibility index (Phi) is 4.40. The Bertz CT molecular complexity index is 655. The van der Waals surface area contributed by atoms with Gasteiger partial charge in [-0.05, 0) is 25.1 Å². The van der Waals surface area contributed by atoms with Crippen LogP contribution in [-0.2, 0) is 0 Å². The SMILES string of the molecule is [B]c1cnc(N)c(O[C@H](C)c2c(Cl)ccc(F)c2Cl)c1. The first kappa shape index (κ1) is 14.9. The van der Waals surface area contributed by atoms with Crippen LogP contribution in [0.1, 0.15) is 18.6 Å². The number of hydrogen-bond acceptors (Lipinski definition) is 3. The predicted octanol–water partition coefficient (Wildman–Crippen LogP) is 3.04. The summed E-state index contributed by atoms with van der Waals surface area (Å²) in [6.45, 7) is 1.68. The van der Waals surface area contributed by atoms with Crippen molar-refractivity contribution in [1.29, 1.82) is 0 Å². The van der Waals surface area contributed by atoms with Gasteiger partial charge in [-0.25, -0.2) is 9.37 Å². The van der Waals surface area contributed by atoms with Crippen molar-refractivity contribution in [3.05, 3.63) is 45.8 Å². The minimum atomic E-state index is -0.614. The maximum absolute atomic E-state index is 13.5. The van der Waals surface area contributed by atoms with Gasteiger partial charge in [0.2, 0.25) is 0 Å². The van der Waals surface area contributed by atoms with Crippen LogP contribution in [0, 0.1) is 5.82 Å². The highest BCUT2D eigenvalue weighted by Crippen LogP contribution is 2.35. The molecule has 7 heteroatoms. The van der Waals surface area contributed by atoms with Crippen molar-refractivity contribution in [3.8, 4) is 5.75 Å². The van der Waals surface area contributed by atoms with E-state index in [0.717, 1.165) is 0 Å². The van der Waals surface area contributed by atoms with E-state index in [4.69, 9.17) is 41.5 Å². The molecule has 0 aliphatic heterocycles. The van der Waals surface area contributed by atoms with E-state index < -0.39 is 11.9 Å². The number of nitrogens with two attached hydrogens (primary N) is 1. The quantitative estimate of drug-likeness (QED) is 0.700. The van der Waals surface area contributed by atoms with Crippen LogP contribution in [0.25, 0.3) is 0 Å². The van der Waals surface area contributed by atoms with Crippen molar-refractivity contribution in [2.45, 2.75) is 13.0 Å². The Hall–Kier alpha value is -1.46. The number of aromatic nitrogens is 1. The van der Waals surface area contributed by atoms with E-state index in [0.29, 0.717) is 16.0 Å². The standard InChI is InChI=1S/C13H10BCl2FN2O/c1-6(11-8(15)2-3-9(17)12(11)16)20-10-4-7(14)5-19-13(10)18/h2-6H,1H3,(H2,18,19)/t6-/m1/s1. The number of nitrogens with zero attached hydrogens (tertiary/aromatic N) is 1. The molecule has 2 N–H and O–H groups in total. The molecule has 0 amide bonds. The average Bonchev–Trinajstić information content (AvgIpc) is 2.39. The maximum Gasteiger partial charge on any atom is 0.166 e. The lowest BCUT2D eigenvalue weighted by molar-refractivity contribution is 0.227.